The topological polar surface area (TPSA) is 102 Å². The number of rotatable bonds is 7. The Morgan fingerprint density at radius 2 is 2.04 bits per heavy atom. The highest BCUT2D eigenvalue weighted by Crippen LogP contribution is 2.19. The molecule has 0 spiro atoms. The molecule has 1 aromatic rings. The second kappa shape index (κ2) is 9.97. The van der Waals surface area contributed by atoms with E-state index in [4.69, 9.17) is 14.9 Å². The van der Waals surface area contributed by atoms with Crippen LogP contribution < -0.4 is 16.4 Å². The molecule has 0 aliphatic heterocycles. The van der Waals surface area contributed by atoms with Crippen molar-refractivity contribution in [3.63, 3.8) is 0 Å². The van der Waals surface area contributed by atoms with Crippen molar-refractivity contribution in [2.45, 2.75) is 51.2 Å². The van der Waals surface area contributed by atoms with E-state index in [1.54, 1.807) is 19.2 Å². The van der Waals surface area contributed by atoms with Crippen molar-refractivity contribution in [1.29, 1.82) is 0 Å². The maximum Gasteiger partial charge on any atom is 0.284 e. The molecule has 0 radical (unpaired) electrons. The van der Waals surface area contributed by atoms with Gasteiger partial charge in [-0.05, 0) is 25.0 Å². The first-order valence-corrected chi connectivity index (χ1v) is 8.63. The number of ether oxygens (including phenoxy) is 1. The van der Waals surface area contributed by atoms with E-state index in [0.29, 0.717) is 37.5 Å². The van der Waals surface area contributed by atoms with Gasteiger partial charge in [0, 0.05) is 13.6 Å². The lowest BCUT2D eigenvalue weighted by Gasteiger charge is -2.16. The molecule has 1 aliphatic carbocycles. The number of hydrogen-bond donors (Lipinski definition) is 3. The Bertz CT molecular complexity index is 534. The number of guanidine groups is 1. The van der Waals surface area contributed by atoms with Crippen molar-refractivity contribution in [2.75, 3.05) is 20.2 Å². The van der Waals surface area contributed by atoms with Gasteiger partial charge in [-0.1, -0.05) is 25.7 Å². The third-order valence-corrected chi connectivity index (χ3v) is 4.11. The summed E-state index contributed by atoms with van der Waals surface area (Å²) in [6.45, 7) is 1.79. The van der Waals surface area contributed by atoms with Crippen LogP contribution in [-0.2, 0) is 11.3 Å². The average Bonchev–Trinajstić information content (AvgIpc) is 2.91. The van der Waals surface area contributed by atoms with Crippen molar-refractivity contribution < 1.29 is 13.9 Å². The number of aliphatic imine (C=N–C) groups is 1. The van der Waals surface area contributed by atoms with E-state index in [9.17, 15) is 4.79 Å². The molecule has 1 saturated carbocycles. The Morgan fingerprint density at radius 1 is 1.29 bits per heavy atom. The van der Waals surface area contributed by atoms with E-state index >= 15 is 0 Å². The molecule has 24 heavy (non-hydrogen) atoms. The van der Waals surface area contributed by atoms with Gasteiger partial charge in [-0.25, -0.2) is 0 Å². The highest BCUT2D eigenvalue weighted by molar-refractivity contribution is 5.89. The van der Waals surface area contributed by atoms with Gasteiger partial charge in [0.1, 0.15) is 5.76 Å². The van der Waals surface area contributed by atoms with Gasteiger partial charge in [-0.3, -0.25) is 9.79 Å². The van der Waals surface area contributed by atoms with Crippen LogP contribution in [0.4, 0.5) is 0 Å². The summed E-state index contributed by atoms with van der Waals surface area (Å²) in [7, 11) is 1.71. The maximum absolute atomic E-state index is 11.0. The second-order valence-electron chi connectivity index (χ2n) is 5.97. The minimum Gasteiger partial charge on any atom is -0.454 e. The Balaban J connectivity index is 1.63. The summed E-state index contributed by atoms with van der Waals surface area (Å²) in [6, 6.07) is 3.28. The molecular formula is C17H28N4O3. The quantitative estimate of drug-likeness (QED) is 0.305. The monoisotopic (exact) mass is 336 g/mol. The molecule has 0 aromatic carbocycles. The van der Waals surface area contributed by atoms with Gasteiger partial charge in [-0.15, -0.1) is 0 Å². The summed E-state index contributed by atoms with van der Waals surface area (Å²) in [5.41, 5.74) is 5.16. The zero-order chi connectivity index (χ0) is 17.2. The molecule has 134 valence electrons. The van der Waals surface area contributed by atoms with Crippen molar-refractivity contribution in [2.24, 2.45) is 10.7 Å². The Morgan fingerprint density at radius 3 is 2.67 bits per heavy atom. The molecule has 1 heterocycles. The van der Waals surface area contributed by atoms with Gasteiger partial charge >= 0.3 is 0 Å². The molecule has 1 aliphatic rings. The minimum atomic E-state index is -0.570. The molecule has 4 N–H and O–H groups in total. The summed E-state index contributed by atoms with van der Waals surface area (Å²) in [5, 5.41) is 6.33. The van der Waals surface area contributed by atoms with E-state index in [0.717, 1.165) is 0 Å². The summed E-state index contributed by atoms with van der Waals surface area (Å²) < 4.78 is 11.2. The fourth-order valence-electron chi connectivity index (χ4n) is 2.80. The Labute approximate surface area is 143 Å². The molecule has 0 atom stereocenters. The summed E-state index contributed by atoms with van der Waals surface area (Å²) in [6.07, 6.45) is 7.97. The van der Waals surface area contributed by atoms with Crippen LogP contribution in [0, 0.1) is 0 Å². The van der Waals surface area contributed by atoms with Gasteiger partial charge in [0.2, 0.25) is 0 Å². The van der Waals surface area contributed by atoms with E-state index in [1.807, 2.05) is 0 Å². The molecule has 0 bridgehead atoms. The molecule has 0 unspecified atom stereocenters. The van der Waals surface area contributed by atoms with E-state index < -0.39 is 5.91 Å². The normalized spacial score (nSPS) is 16.6. The van der Waals surface area contributed by atoms with Crippen LogP contribution in [0.15, 0.2) is 21.5 Å². The number of nitrogens with zero attached hydrogens (tertiary/aromatic N) is 1. The Hall–Kier alpha value is -2.02. The highest BCUT2D eigenvalue weighted by Gasteiger charge is 2.12. The molecule has 1 amide bonds. The van der Waals surface area contributed by atoms with Crippen molar-refractivity contribution >= 4 is 11.9 Å². The first-order chi connectivity index (χ1) is 11.7. The summed E-state index contributed by atoms with van der Waals surface area (Å²) in [4.78, 5) is 15.1. The number of primary amides is 1. The zero-order valence-electron chi connectivity index (χ0n) is 14.3. The van der Waals surface area contributed by atoms with Crippen LogP contribution in [0.1, 0.15) is 54.8 Å². The van der Waals surface area contributed by atoms with Crippen LogP contribution in [0.5, 0.6) is 0 Å². The fourth-order valence-corrected chi connectivity index (χ4v) is 2.80. The lowest BCUT2D eigenvalue weighted by atomic mass is 10.1. The van der Waals surface area contributed by atoms with Crippen LogP contribution in [0.2, 0.25) is 0 Å². The first kappa shape index (κ1) is 18.3. The van der Waals surface area contributed by atoms with Crippen LogP contribution in [0.25, 0.3) is 0 Å². The number of nitrogens with one attached hydrogen (secondary N) is 2. The van der Waals surface area contributed by atoms with Crippen LogP contribution in [0.3, 0.4) is 0 Å². The average molecular weight is 336 g/mol. The van der Waals surface area contributed by atoms with Gasteiger partial charge in [-0.2, -0.15) is 0 Å². The van der Waals surface area contributed by atoms with Crippen molar-refractivity contribution in [3.05, 3.63) is 23.7 Å². The lowest BCUT2D eigenvalue weighted by Crippen LogP contribution is -2.38. The maximum atomic E-state index is 11.0. The Kier molecular flexibility index (Phi) is 7.61. The third kappa shape index (κ3) is 6.23. The van der Waals surface area contributed by atoms with Crippen LogP contribution >= 0.6 is 0 Å². The van der Waals surface area contributed by atoms with Crippen LogP contribution in [-0.4, -0.2) is 38.2 Å². The van der Waals surface area contributed by atoms with Gasteiger partial charge in [0.05, 0.1) is 19.3 Å². The predicted molar refractivity (Wildman–Crippen MR) is 92.9 cm³/mol. The van der Waals surface area contributed by atoms with E-state index in [-0.39, 0.29) is 5.76 Å². The first-order valence-electron chi connectivity index (χ1n) is 8.63. The predicted octanol–water partition coefficient (Wildman–Crippen LogP) is 1.78. The summed E-state index contributed by atoms with van der Waals surface area (Å²) in [5.74, 6) is 0.879. The number of nitrogens with two attached hydrogens (primary N) is 1. The molecule has 2 rings (SSSR count). The summed E-state index contributed by atoms with van der Waals surface area (Å²) >= 11 is 0. The highest BCUT2D eigenvalue weighted by atomic mass is 16.5. The van der Waals surface area contributed by atoms with Crippen molar-refractivity contribution in [3.8, 4) is 0 Å². The van der Waals surface area contributed by atoms with E-state index in [1.165, 1.54) is 38.5 Å². The minimum absolute atomic E-state index is 0.159. The number of carbonyl (C=O) groups excluding carboxylic acids is 1. The smallest absolute Gasteiger partial charge is 0.284 e. The standard InChI is InChI=1S/C17H28N4O3/c1-19-17(21-12-14-8-9-15(24-14)16(18)22)20-10-11-23-13-6-4-2-3-5-7-13/h8-9,13H,2-7,10-12H2,1H3,(H2,18,22)(H2,19,20,21). The lowest BCUT2D eigenvalue weighted by molar-refractivity contribution is 0.0468. The fraction of sp³-hybridized carbons (Fsp3) is 0.647. The second-order valence-corrected chi connectivity index (χ2v) is 5.97. The van der Waals surface area contributed by atoms with E-state index in [2.05, 4.69) is 15.6 Å². The number of amides is 1. The molecule has 1 aromatic heterocycles. The van der Waals surface area contributed by atoms with Gasteiger partial charge in [0.25, 0.3) is 5.91 Å². The molecule has 7 heteroatoms. The number of hydrogen-bond acceptors (Lipinski definition) is 4. The van der Waals surface area contributed by atoms with Crippen molar-refractivity contribution in [1.82, 2.24) is 10.6 Å². The SMILES string of the molecule is CN=C(NCCOC1CCCCCC1)NCc1ccc(C(N)=O)o1. The van der Waals surface area contributed by atoms with Gasteiger partial charge < -0.3 is 25.5 Å². The molecule has 0 saturated heterocycles. The number of furan rings is 1. The molecular weight excluding hydrogens is 308 g/mol. The molecule has 7 nitrogen and oxygen atoms in total. The zero-order valence-corrected chi connectivity index (χ0v) is 14.3. The largest absolute Gasteiger partial charge is 0.454 e. The third-order valence-electron chi connectivity index (χ3n) is 4.11. The number of carbonyl (C=O) groups is 1. The molecule has 1 fully saturated rings. The van der Waals surface area contributed by atoms with Gasteiger partial charge in [0.15, 0.2) is 11.7 Å².